The van der Waals surface area contributed by atoms with Crippen molar-refractivity contribution in [3.63, 3.8) is 0 Å². The maximum absolute atomic E-state index is 12.3. The summed E-state index contributed by atoms with van der Waals surface area (Å²) in [7, 11) is -1.67. The van der Waals surface area contributed by atoms with Crippen LogP contribution in [0, 0.1) is 0 Å². The van der Waals surface area contributed by atoms with Crippen LogP contribution >= 0.6 is 0 Å². The Morgan fingerprint density at radius 2 is 2.07 bits per heavy atom. The van der Waals surface area contributed by atoms with E-state index in [-0.39, 0.29) is 35.6 Å². The van der Waals surface area contributed by atoms with Crippen molar-refractivity contribution in [2.24, 2.45) is 4.99 Å². The summed E-state index contributed by atoms with van der Waals surface area (Å²) in [6, 6.07) is 4.36. The molecule has 0 saturated carbocycles. The number of halogens is 3. The van der Waals surface area contributed by atoms with E-state index in [0.717, 1.165) is 0 Å². The fourth-order valence-electron chi connectivity index (χ4n) is 2.68. The van der Waals surface area contributed by atoms with Crippen LogP contribution in [0.15, 0.2) is 23.2 Å². The second-order valence-electron chi connectivity index (χ2n) is 6.33. The molecule has 7 nitrogen and oxygen atoms in total. The zero-order valence-corrected chi connectivity index (χ0v) is 16.5. The van der Waals surface area contributed by atoms with Gasteiger partial charge in [-0.15, -0.1) is 0 Å². The molecule has 2 N–H and O–H groups in total. The third-order valence-electron chi connectivity index (χ3n) is 3.96. The summed E-state index contributed by atoms with van der Waals surface area (Å²) in [5.74, 6) is 0.864. The average Bonchev–Trinajstić information content (AvgIpc) is 2.96. The van der Waals surface area contributed by atoms with Crippen molar-refractivity contribution in [1.29, 1.82) is 0 Å². The number of nitrogens with one attached hydrogen (secondary N) is 2. The highest BCUT2D eigenvalue weighted by Gasteiger charge is 2.29. The molecular weight excluding hydrogens is 399 g/mol. The van der Waals surface area contributed by atoms with E-state index in [1.807, 2.05) is 6.92 Å². The highest BCUT2D eigenvalue weighted by molar-refractivity contribution is 7.91. The molecule has 0 aliphatic carbocycles. The number of benzene rings is 1. The van der Waals surface area contributed by atoms with E-state index >= 15 is 0 Å². The smallest absolute Gasteiger partial charge is 0.422 e. The summed E-state index contributed by atoms with van der Waals surface area (Å²) >= 11 is 0. The van der Waals surface area contributed by atoms with E-state index in [2.05, 4.69) is 15.6 Å². The molecule has 11 heteroatoms. The van der Waals surface area contributed by atoms with Crippen LogP contribution in [0.2, 0.25) is 0 Å². The molecule has 2 rings (SSSR count). The van der Waals surface area contributed by atoms with Crippen LogP contribution in [0.1, 0.15) is 18.9 Å². The van der Waals surface area contributed by atoms with Crippen molar-refractivity contribution >= 4 is 15.8 Å². The summed E-state index contributed by atoms with van der Waals surface area (Å²) < 4.78 is 70.0. The second kappa shape index (κ2) is 9.35. The highest BCUT2D eigenvalue weighted by Crippen LogP contribution is 2.30. The minimum absolute atomic E-state index is 0.00579. The number of rotatable bonds is 7. The molecule has 1 aromatic rings. The van der Waals surface area contributed by atoms with Gasteiger partial charge in [0.2, 0.25) is 0 Å². The van der Waals surface area contributed by atoms with Crippen LogP contribution < -0.4 is 20.1 Å². The lowest BCUT2D eigenvalue weighted by Gasteiger charge is -2.16. The summed E-state index contributed by atoms with van der Waals surface area (Å²) in [5, 5.41) is 6.15. The molecule has 1 aliphatic heterocycles. The topological polar surface area (TPSA) is 89.0 Å². The largest absolute Gasteiger partial charge is 0.493 e. The van der Waals surface area contributed by atoms with Crippen molar-refractivity contribution in [1.82, 2.24) is 10.6 Å². The summed E-state index contributed by atoms with van der Waals surface area (Å²) in [5.41, 5.74) is 0.701. The Labute approximate surface area is 162 Å². The normalized spacial score (nSPS) is 19.3. The van der Waals surface area contributed by atoms with Gasteiger partial charge in [-0.05, 0) is 31.0 Å². The third kappa shape index (κ3) is 7.10. The third-order valence-corrected chi connectivity index (χ3v) is 5.72. The van der Waals surface area contributed by atoms with Gasteiger partial charge < -0.3 is 20.1 Å². The van der Waals surface area contributed by atoms with Crippen LogP contribution in [-0.2, 0) is 16.4 Å². The SMILES string of the molecule is CCNC(=NCc1ccc(OCC(F)(F)F)c(OC)c1)NC1CCS(=O)(=O)C1. The molecule has 1 atom stereocenters. The lowest BCUT2D eigenvalue weighted by molar-refractivity contribution is -0.153. The Morgan fingerprint density at radius 3 is 2.64 bits per heavy atom. The maximum atomic E-state index is 12.3. The van der Waals surface area contributed by atoms with Crippen molar-refractivity contribution < 1.29 is 31.1 Å². The van der Waals surface area contributed by atoms with E-state index in [9.17, 15) is 21.6 Å². The lowest BCUT2D eigenvalue weighted by Crippen LogP contribution is -2.44. The number of nitrogens with zero attached hydrogens (tertiary/aromatic N) is 1. The minimum atomic E-state index is -4.44. The number of sulfone groups is 1. The Morgan fingerprint density at radius 1 is 1.32 bits per heavy atom. The van der Waals surface area contributed by atoms with Crippen molar-refractivity contribution in [2.45, 2.75) is 32.1 Å². The standard InChI is InChI=1S/C17H24F3N3O4S/c1-3-21-16(23-13-6-7-28(24,25)10-13)22-9-12-4-5-14(15(8-12)26-2)27-11-17(18,19)20/h4-5,8,13H,3,6-7,9-11H2,1-2H3,(H2,21,22,23). The molecule has 0 aromatic heterocycles. The molecule has 0 amide bonds. The highest BCUT2D eigenvalue weighted by atomic mass is 32.2. The zero-order chi connectivity index (χ0) is 20.8. The first-order valence-electron chi connectivity index (χ1n) is 8.73. The van der Waals surface area contributed by atoms with Crippen LogP contribution in [0.3, 0.4) is 0 Å². The van der Waals surface area contributed by atoms with E-state index in [0.29, 0.717) is 24.5 Å². The van der Waals surface area contributed by atoms with Crippen molar-refractivity contribution in [3.8, 4) is 11.5 Å². The molecule has 0 bridgehead atoms. The molecule has 1 unspecified atom stereocenters. The van der Waals surface area contributed by atoms with Gasteiger partial charge in [-0.25, -0.2) is 13.4 Å². The van der Waals surface area contributed by atoms with Gasteiger partial charge in [0, 0.05) is 12.6 Å². The molecule has 0 spiro atoms. The van der Waals surface area contributed by atoms with Gasteiger partial charge in [-0.2, -0.15) is 13.2 Å². The molecule has 1 saturated heterocycles. The molecule has 1 aromatic carbocycles. The first kappa shape index (κ1) is 22.1. The Balaban J connectivity index is 2.04. The predicted octanol–water partition coefficient (Wildman–Crippen LogP) is 1.88. The number of aliphatic imine (C=N–C) groups is 1. The van der Waals surface area contributed by atoms with Gasteiger partial charge in [0.05, 0.1) is 25.2 Å². The van der Waals surface area contributed by atoms with E-state index < -0.39 is 22.6 Å². The van der Waals surface area contributed by atoms with Crippen molar-refractivity contribution in [2.75, 3.05) is 31.8 Å². The van der Waals surface area contributed by atoms with Gasteiger partial charge in [0.1, 0.15) is 0 Å². The van der Waals surface area contributed by atoms with Gasteiger partial charge in [0.25, 0.3) is 0 Å². The van der Waals surface area contributed by atoms with Gasteiger partial charge in [-0.1, -0.05) is 6.07 Å². The van der Waals surface area contributed by atoms with Gasteiger partial charge >= 0.3 is 6.18 Å². The molecule has 1 heterocycles. The average molecular weight is 423 g/mol. The molecule has 0 radical (unpaired) electrons. The number of ether oxygens (including phenoxy) is 2. The van der Waals surface area contributed by atoms with E-state index in [1.54, 1.807) is 12.1 Å². The maximum Gasteiger partial charge on any atom is 0.422 e. The monoisotopic (exact) mass is 423 g/mol. The predicted molar refractivity (Wildman–Crippen MR) is 99.6 cm³/mol. The van der Waals surface area contributed by atoms with Gasteiger partial charge in [0.15, 0.2) is 33.9 Å². The van der Waals surface area contributed by atoms with E-state index in [4.69, 9.17) is 9.47 Å². The summed E-state index contributed by atoms with van der Waals surface area (Å²) in [6.07, 6.45) is -3.92. The van der Waals surface area contributed by atoms with E-state index in [1.165, 1.54) is 13.2 Å². The van der Waals surface area contributed by atoms with Crippen LogP contribution in [0.25, 0.3) is 0 Å². The number of alkyl halides is 3. The number of hydrogen-bond acceptors (Lipinski definition) is 5. The first-order chi connectivity index (χ1) is 13.1. The minimum Gasteiger partial charge on any atom is -0.493 e. The fraction of sp³-hybridized carbons (Fsp3) is 0.588. The van der Waals surface area contributed by atoms with Gasteiger partial charge in [-0.3, -0.25) is 0 Å². The van der Waals surface area contributed by atoms with Crippen LogP contribution in [-0.4, -0.2) is 58.4 Å². The zero-order valence-electron chi connectivity index (χ0n) is 15.7. The second-order valence-corrected chi connectivity index (χ2v) is 8.56. The quantitative estimate of drug-likeness (QED) is 0.514. The van der Waals surface area contributed by atoms with Crippen LogP contribution in [0.4, 0.5) is 13.2 Å². The molecule has 28 heavy (non-hydrogen) atoms. The van der Waals surface area contributed by atoms with Crippen LogP contribution in [0.5, 0.6) is 11.5 Å². The number of hydrogen-bond donors (Lipinski definition) is 2. The number of guanidine groups is 1. The molecule has 1 aliphatic rings. The molecular formula is C17H24F3N3O4S. The Kier molecular flexibility index (Phi) is 7.39. The number of methoxy groups -OCH3 is 1. The molecule has 158 valence electrons. The van der Waals surface area contributed by atoms with Crippen molar-refractivity contribution in [3.05, 3.63) is 23.8 Å². The fourth-order valence-corrected chi connectivity index (χ4v) is 4.36. The Bertz CT molecular complexity index is 797. The summed E-state index contributed by atoms with van der Waals surface area (Å²) in [4.78, 5) is 4.41. The first-order valence-corrected chi connectivity index (χ1v) is 10.6. The summed E-state index contributed by atoms with van der Waals surface area (Å²) in [6.45, 7) is 1.31. The lowest BCUT2D eigenvalue weighted by atomic mass is 10.2. The molecule has 1 fully saturated rings. The Hall–Kier alpha value is -2.17.